The summed E-state index contributed by atoms with van der Waals surface area (Å²) in [5, 5.41) is 6.70. The van der Waals surface area contributed by atoms with Crippen molar-refractivity contribution in [2.45, 2.75) is 58.4 Å². The fraction of sp³-hybridized carbons (Fsp3) is 0.440. The molecule has 2 N–H and O–H groups in total. The Morgan fingerprint density at radius 3 is 2.54 bits per heavy atom. The van der Waals surface area contributed by atoms with E-state index in [-0.39, 0.29) is 6.04 Å². The van der Waals surface area contributed by atoms with E-state index in [1.165, 1.54) is 36.9 Å². The zero-order valence-electron chi connectivity index (χ0n) is 18.2. The van der Waals surface area contributed by atoms with Crippen molar-refractivity contribution in [1.29, 1.82) is 0 Å². The number of unbranched alkanes of at least 4 members (excludes halogenated alkanes) is 3. The molecule has 1 unspecified atom stereocenters. The summed E-state index contributed by atoms with van der Waals surface area (Å²) >= 11 is 0. The molecule has 0 aromatic heterocycles. The second kappa shape index (κ2) is 12.9. The van der Waals surface area contributed by atoms with Gasteiger partial charge in [-0.05, 0) is 44.0 Å². The molecule has 1 aromatic carbocycles. The van der Waals surface area contributed by atoms with Crippen LogP contribution in [0, 0.1) is 6.92 Å². The molecule has 28 heavy (non-hydrogen) atoms. The third kappa shape index (κ3) is 6.95. The number of nitrogens with one attached hydrogen (secondary N) is 2. The maximum absolute atomic E-state index is 4.38. The molecule has 0 heterocycles. The van der Waals surface area contributed by atoms with Gasteiger partial charge in [-0.3, -0.25) is 0 Å². The van der Waals surface area contributed by atoms with Gasteiger partial charge in [0.1, 0.15) is 0 Å². The van der Waals surface area contributed by atoms with E-state index in [0.29, 0.717) is 0 Å². The lowest BCUT2D eigenvalue weighted by molar-refractivity contribution is 0.422. The number of rotatable bonds is 15. The first kappa shape index (κ1) is 23.6. The summed E-state index contributed by atoms with van der Waals surface area (Å²) in [4.78, 5) is 2.11. The zero-order chi connectivity index (χ0) is 20.9. The Kier molecular flexibility index (Phi) is 10.9. The molecule has 0 saturated heterocycles. The Morgan fingerprint density at radius 1 is 1.18 bits per heavy atom. The lowest BCUT2D eigenvalue weighted by atomic mass is 10.0. The molecule has 0 aliphatic rings. The molecule has 0 aliphatic carbocycles. The Bertz CT molecular complexity index is 660. The molecule has 154 valence electrons. The Hall–Kier alpha value is -2.42. The first-order chi connectivity index (χ1) is 13.5. The van der Waals surface area contributed by atoms with E-state index in [9.17, 15) is 0 Å². The minimum absolute atomic E-state index is 0.125. The van der Waals surface area contributed by atoms with Crippen molar-refractivity contribution in [3.8, 4) is 0 Å². The summed E-state index contributed by atoms with van der Waals surface area (Å²) in [6.45, 7) is 21.8. The maximum Gasteiger partial charge on any atom is 0.0517 e. The standard InChI is InChI=1S/C25H39N3/c1-8-11-12-13-19-27-25-16-14-15-24(21(25)5)22(6)28(10-3)23(9-2)18-17-20(4)26-7/h9-10,14-16,23,26-27H,2-4,6,8,11-13,17-19H2,1,5,7H3. The number of benzene rings is 1. The van der Waals surface area contributed by atoms with Gasteiger partial charge in [0, 0.05) is 36.2 Å². The van der Waals surface area contributed by atoms with Crippen molar-refractivity contribution in [1.82, 2.24) is 10.2 Å². The van der Waals surface area contributed by atoms with E-state index in [2.05, 4.69) is 73.9 Å². The van der Waals surface area contributed by atoms with Crippen LogP contribution in [0.3, 0.4) is 0 Å². The van der Waals surface area contributed by atoms with Crippen LogP contribution in [0.15, 0.2) is 62.5 Å². The Labute approximate surface area is 172 Å². The number of anilines is 1. The first-order valence-electron chi connectivity index (χ1n) is 10.4. The van der Waals surface area contributed by atoms with Gasteiger partial charge >= 0.3 is 0 Å². The second-order valence-electron chi connectivity index (χ2n) is 7.20. The van der Waals surface area contributed by atoms with E-state index in [1.54, 1.807) is 0 Å². The summed E-state index contributed by atoms with van der Waals surface area (Å²) in [6, 6.07) is 6.49. The van der Waals surface area contributed by atoms with Crippen molar-refractivity contribution >= 4 is 11.4 Å². The van der Waals surface area contributed by atoms with Crippen LogP contribution in [0.1, 0.15) is 56.6 Å². The van der Waals surface area contributed by atoms with Crippen LogP contribution in [0.2, 0.25) is 0 Å². The van der Waals surface area contributed by atoms with Crippen LogP contribution in [0.4, 0.5) is 5.69 Å². The van der Waals surface area contributed by atoms with E-state index in [4.69, 9.17) is 0 Å². The lowest BCUT2D eigenvalue weighted by Gasteiger charge is -2.31. The van der Waals surface area contributed by atoms with Gasteiger partial charge in [-0.2, -0.15) is 0 Å². The van der Waals surface area contributed by atoms with Crippen molar-refractivity contribution in [3.05, 3.63) is 73.6 Å². The van der Waals surface area contributed by atoms with Gasteiger partial charge in [0.15, 0.2) is 0 Å². The van der Waals surface area contributed by atoms with E-state index >= 15 is 0 Å². The summed E-state index contributed by atoms with van der Waals surface area (Å²) in [5.74, 6) is 0. The highest BCUT2D eigenvalue weighted by atomic mass is 15.1. The molecule has 3 nitrogen and oxygen atoms in total. The average molecular weight is 382 g/mol. The fourth-order valence-electron chi connectivity index (χ4n) is 3.32. The molecule has 1 rings (SSSR count). The largest absolute Gasteiger partial charge is 0.392 e. The van der Waals surface area contributed by atoms with Gasteiger partial charge in [-0.1, -0.05) is 64.1 Å². The van der Waals surface area contributed by atoms with Gasteiger partial charge in [0.2, 0.25) is 0 Å². The van der Waals surface area contributed by atoms with Gasteiger partial charge in [-0.25, -0.2) is 0 Å². The number of hydrogen-bond acceptors (Lipinski definition) is 3. The predicted molar refractivity (Wildman–Crippen MR) is 126 cm³/mol. The van der Waals surface area contributed by atoms with Crippen molar-refractivity contribution in [2.75, 3.05) is 18.9 Å². The normalized spacial score (nSPS) is 11.4. The van der Waals surface area contributed by atoms with Gasteiger partial charge in [0.25, 0.3) is 0 Å². The van der Waals surface area contributed by atoms with E-state index in [0.717, 1.165) is 36.3 Å². The monoisotopic (exact) mass is 381 g/mol. The number of nitrogens with zero attached hydrogens (tertiary/aromatic N) is 1. The third-order valence-electron chi connectivity index (χ3n) is 5.22. The number of hydrogen-bond donors (Lipinski definition) is 2. The average Bonchev–Trinajstić information content (AvgIpc) is 2.71. The summed E-state index contributed by atoms with van der Waals surface area (Å²) in [7, 11) is 1.90. The highest BCUT2D eigenvalue weighted by molar-refractivity contribution is 5.71. The Balaban J connectivity index is 2.89. The number of allylic oxidation sites excluding steroid dienone is 1. The molecule has 0 amide bonds. The van der Waals surface area contributed by atoms with Gasteiger partial charge in [0.05, 0.1) is 6.04 Å². The molecular formula is C25H39N3. The zero-order valence-corrected chi connectivity index (χ0v) is 18.2. The van der Waals surface area contributed by atoms with Crippen molar-refractivity contribution in [3.63, 3.8) is 0 Å². The topological polar surface area (TPSA) is 27.3 Å². The molecule has 0 fully saturated rings. The smallest absolute Gasteiger partial charge is 0.0517 e. The van der Waals surface area contributed by atoms with Crippen LogP contribution in [0.5, 0.6) is 0 Å². The van der Waals surface area contributed by atoms with Crippen LogP contribution in [0.25, 0.3) is 5.70 Å². The SMILES string of the molecule is C=CC(CCC(=C)NC)N(C=C)C(=C)c1cccc(NCCCCCC)c1C. The second-order valence-corrected chi connectivity index (χ2v) is 7.20. The van der Waals surface area contributed by atoms with E-state index in [1.807, 2.05) is 19.3 Å². The Morgan fingerprint density at radius 2 is 1.93 bits per heavy atom. The molecule has 0 aliphatic heterocycles. The molecular weight excluding hydrogens is 342 g/mol. The first-order valence-corrected chi connectivity index (χ1v) is 10.4. The van der Waals surface area contributed by atoms with Gasteiger partial charge < -0.3 is 15.5 Å². The van der Waals surface area contributed by atoms with Gasteiger partial charge in [-0.15, -0.1) is 6.58 Å². The quantitative estimate of drug-likeness (QED) is 0.269. The minimum Gasteiger partial charge on any atom is -0.392 e. The maximum atomic E-state index is 4.38. The molecule has 1 atom stereocenters. The van der Waals surface area contributed by atoms with Crippen molar-refractivity contribution < 1.29 is 0 Å². The van der Waals surface area contributed by atoms with Crippen LogP contribution in [-0.2, 0) is 0 Å². The van der Waals surface area contributed by atoms with Crippen LogP contribution in [-0.4, -0.2) is 24.5 Å². The highest BCUT2D eigenvalue weighted by Gasteiger charge is 2.18. The molecule has 3 heteroatoms. The summed E-state index contributed by atoms with van der Waals surface area (Å²) < 4.78 is 0. The molecule has 0 saturated carbocycles. The molecule has 1 aromatic rings. The fourth-order valence-corrected chi connectivity index (χ4v) is 3.32. The van der Waals surface area contributed by atoms with E-state index < -0.39 is 0 Å². The third-order valence-corrected chi connectivity index (χ3v) is 5.22. The minimum atomic E-state index is 0.125. The molecule has 0 bridgehead atoms. The summed E-state index contributed by atoms with van der Waals surface area (Å²) in [5.41, 5.74) is 5.50. The van der Waals surface area contributed by atoms with Crippen molar-refractivity contribution in [2.24, 2.45) is 0 Å². The van der Waals surface area contributed by atoms with Crippen LogP contribution < -0.4 is 10.6 Å². The summed E-state index contributed by atoms with van der Waals surface area (Å²) in [6.07, 6.45) is 10.6. The lowest BCUT2D eigenvalue weighted by Crippen LogP contribution is -2.28. The molecule has 0 radical (unpaired) electrons. The molecule has 0 spiro atoms. The highest BCUT2D eigenvalue weighted by Crippen LogP contribution is 2.29. The predicted octanol–water partition coefficient (Wildman–Crippen LogP) is 6.47. The van der Waals surface area contributed by atoms with Crippen LogP contribution >= 0.6 is 0 Å².